The molecule has 0 bridgehead atoms. The third-order valence-corrected chi connectivity index (χ3v) is 4.93. The molecule has 0 aliphatic rings. The van der Waals surface area contributed by atoms with E-state index in [1.54, 1.807) is 13.3 Å². The number of methoxy groups -OCH3 is 1. The zero-order valence-electron chi connectivity index (χ0n) is 10.3. The van der Waals surface area contributed by atoms with E-state index < -0.39 is 10.0 Å². The van der Waals surface area contributed by atoms with Gasteiger partial charge in [0.25, 0.3) is 10.0 Å². The Morgan fingerprint density at radius 2 is 2.10 bits per heavy atom. The fourth-order valence-corrected chi connectivity index (χ4v) is 3.32. The summed E-state index contributed by atoms with van der Waals surface area (Å²) >= 11 is 0.920. The van der Waals surface area contributed by atoms with Crippen LogP contribution in [0.15, 0.2) is 34.8 Å². The van der Waals surface area contributed by atoms with E-state index in [2.05, 4.69) is 10.1 Å². The fraction of sp³-hybridized carbons (Fsp3) is 0.0909. The van der Waals surface area contributed by atoms with Gasteiger partial charge >= 0.3 is 0 Å². The number of ether oxygens (including phenoxy) is 1. The normalized spacial score (nSPS) is 11.9. The fourth-order valence-electron chi connectivity index (χ4n) is 1.83. The van der Waals surface area contributed by atoms with Crippen LogP contribution in [0.25, 0.3) is 16.2 Å². The van der Waals surface area contributed by atoms with Gasteiger partial charge in [0, 0.05) is 5.56 Å². The molecule has 2 heterocycles. The monoisotopic (exact) mass is 310 g/mol. The van der Waals surface area contributed by atoms with Crippen molar-refractivity contribution in [1.29, 1.82) is 0 Å². The van der Waals surface area contributed by atoms with Crippen molar-refractivity contribution < 1.29 is 13.2 Å². The summed E-state index contributed by atoms with van der Waals surface area (Å²) < 4.78 is 29.2. The first-order valence-corrected chi connectivity index (χ1v) is 7.88. The molecular formula is C11H10N4O3S2. The SMILES string of the molecule is COc1ccccc1-c1cnc2sc(S(N)(=O)=O)nn12. The van der Waals surface area contributed by atoms with Gasteiger partial charge in [0.15, 0.2) is 0 Å². The molecule has 0 radical (unpaired) electrons. The Morgan fingerprint density at radius 3 is 2.80 bits per heavy atom. The average Bonchev–Trinajstić information content (AvgIpc) is 2.97. The molecule has 0 saturated carbocycles. The highest BCUT2D eigenvalue weighted by Gasteiger charge is 2.19. The zero-order valence-corrected chi connectivity index (χ0v) is 12.0. The summed E-state index contributed by atoms with van der Waals surface area (Å²) in [5.74, 6) is 0.652. The molecular weight excluding hydrogens is 300 g/mol. The van der Waals surface area contributed by atoms with E-state index >= 15 is 0 Å². The third kappa shape index (κ3) is 2.05. The highest BCUT2D eigenvalue weighted by molar-refractivity contribution is 7.91. The van der Waals surface area contributed by atoms with Crippen LogP contribution in [0.1, 0.15) is 0 Å². The van der Waals surface area contributed by atoms with Crippen LogP contribution in [-0.4, -0.2) is 30.1 Å². The lowest BCUT2D eigenvalue weighted by Crippen LogP contribution is -2.12. The summed E-state index contributed by atoms with van der Waals surface area (Å²) in [5, 5.41) is 9.08. The van der Waals surface area contributed by atoms with Crippen LogP contribution in [0, 0.1) is 0 Å². The van der Waals surface area contributed by atoms with Crippen LogP contribution in [0.5, 0.6) is 5.75 Å². The first-order valence-electron chi connectivity index (χ1n) is 5.51. The molecule has 0 amide bonds. The minimum absolute atomic E-state index is 0.170. The van der Waals surface area contributed by atoms with Crippen LogP contribution in [0.3, 0.4) is 0 Å². The molecule has 0 fully saturated rings. The number of hydrogen-bond acceptors (Lipinski definition) is 6. The van der Waals surface area contributed by atoms with Crippen LogP contribution >= 0.6 is 11.3 Å². The molecule has 104 valence electrons. The standard InChI is InChI=1S/C11H10N4O3S2/c1-18-9-5-3-2-4-7(9)8-6-13-10-15(8)14-11(19-10)20(12,16)17/h2-6H,1H3,(H2,12,16,17). The molecule has 0 spiro atoms. The van der Waals surface area contributed by atoms with Crippen molar-refractivity contribution in [1.82, 2.24) is 14.6 Å². The first kappa shape index (κ1) is 13.0. The summed E-state index contributed by atoms with van der Waals surface area (Å²) in [7, 11) is -2.27. The number of benzene rings is 1. The summed E-state index contributed by atoms with van der Waals surface area (Å²) in [4.78, 5) is 4.60. The lowest BCUT2D eigenvalue weighted by molar-refractivity contribution is 0.416. The largest absolute Gasteiger partial charge is 0.496 e. The lowest BCUT2D eigenvalue weighted by atomic mass is 10.1. The minimum Gasteiger partial charge on any atom is -0.496 e. The van der Waals surface area contributed by atoms with Crippen molar-refractivity contribution in [2.45, 2.75) is 4.34 Å². The molecule has 0 unspecified atom stereocenters. The van der Waals surface area contributed by atoms with Crippen molar-refractivity contribution >= 4 is 26.3 Å². The second kappa shape index (κ2) is 4.54. The first-order chi connectivity index (χ1) is 9.50. The number of fused-ring (bicyclic) bond motifs is 1. The topological polar surface area (TPSA) is 99.6 Å². The summed E-state index contributed by atoms with van der Waals surface area (Å²) in [6.45, 7) is 0. The third-order valence-electron chi connectivity index (χ3n) is 2.69. The predicted molar refractivity (Wildman–Crippen MR) is 74.2 cm³/mol. The van der Waals surface area contributed by atoms with Gasteiger partial charge in [-0.25, -0.2) is 23.1 Å². The molecule has 9 heteroatoms. The van der Waals surface area contributed by atoms with E-state index in [-0.39, 0.29) is 4.34 Å². The zero-order chi connectivity index (χ0) is 14.3. The van der Waals surface area contributed by atoms with Gasteiger partial charge in [-0.15, -0.1) is 5.10 Å². The number of imidazole rings is 1. The molecule has 2 aromatic heterocycles. The van der Waals surface area contributed by atoms with Gasteiger partial charge in [-0.05, 0) is 12.1 Å². The van der Waals surface area contributed by atoms with Crippen molar-refractivity contribution in [3.63, 3.8) is 0 Å². The number of nitrogens with zero attached hydrogens (tertiary/aromatic N) is 3. The molecule has 0 saturated heterocycles. The van der Waals surface area contributed by atoms with Gasteiger partial charge in [0.05, 0.1) is 19.0 Å². The van der Waals surface area contributed by atoms with Crippen LogP contribution in [0.2, 0.25) is 0 Å². The predicted octanol–water partition coefficient (Wildman–Crippen LogP) is 1.11. The van der Waals surface area contributed by atoms with Gasteiger partial charge < -0.3 is 4.74 Å². The van der Waals surface area contributed by atoms with E-state index in [4.69, 9.17) is 9.88 Å². The number of sulfonamides is 1. The lowest BCUT2D eigenvalue weighted by Gasteiger charge is -2.05. The average molecular weight is 310 g/mol. The Bertz CT molecular complexity index is 882. The smallest absolute Gasteiger partial charge is 0.267 e. The number of hydrogen-bond donors (Lipinski definition) is 1. The van der Waals surface area contributed by atoms with Crippen LogP contribution in [-0.2, 0) is 10.0 Å². The van der Waals surface area contributed by atoms with Crippen molar-refractivity contribution in [2.24, 2.45) is 5.14 Å². The Balaban J connectivity index is 2.24. The maximum absolute atomic E-state index is 11.3. The van der Waals surface area contributed by atoms with Gasteiger partial charge in [0.2, 0.25) is 9.30 Å². The van der Waals surface area contributed by atoms with Gasteiger partial charge in [0.1, 0.15) is 5.75 Å². The molecule has 3 aromatic rings. The molecule has 0 aliphatic heterocycles. The van der Waals surface area contributed by atoms with E-state index in [0.717, 1.165) is 16.9 Å². The second-order valence-corrected chi connectivity index (χ2v) is 6.64. The van der Waals surface area contributed by atoms with Crippen molar-refractivity contribution in [3.8, 4) is 17.0 Å². The van der Waals surface area contributed by atoms with Crippen LogP contribution < -0.4 is 9.88 Å². The van der Waals surface area contributed by atoms with Gasteiger partial charge in [-0.3, -0.25) is 0 Å². The number of para-hydroxylation sites is 1. The molecule has 0 aliphatic carbocycles. The molecule has 20 heavy (non-hydrogen) atoms. The van der Waals surface area contributed by atoms with Crippen molar-refractivity contribution in [2.75, 3.05) is 7.11 Å². The number of primary sulfonamides is 1. The molecule has 3 rings (SSSR count). The maximum Gasteiger partial charge on any atom is 0.267 e. The van der Waals surface area contributed by atoms with E-state index in [0.29, 0.717) is 16.4 Å². The minimum atomic E-state index is -3.83. The molecule has 0 atom stereocenters. The summed E-state index contributed by atoms with van der Waals surface area (Å²) in [5.41, 5.74) is 1.41. The van der Waals surface area contributed by atoms with E-state index in [9.17, 15) is 8.42 Å². The number of nitrogens with two attached hydrogens (primary N) is 1. The van der Waals surface area contributed by atoms with E-state index in [1.165, 1.54) is 4.52 Å². The summed E-state index contributed by atoms with van der Waals surface area (Å²) in [6, 6.07) is 7.35. The van der Waals surface area contributed by atoms with E-state index in [1.807, 2.05) is 24.3 Å². The van der Waals surface area contributed by atoms with Gasteiger partial charge in [-0.2, -0.15) is 0 Å². The highest BCUT2D eigenvalue weighted by atomic mass is 32.2. The maximum atomic E-state index is 11.3. The number of aromatic nitrogens is 3. The Morgan fingerprint density at radius 1 is 1.35 bits per heavy atom. The Labute approximate surface area is 118 Å². The van der Waals surface area contributed by atoms with Gasteiger partial charge in [-0.1, -0.05) is 23.5 Å². The Hall–Kier alpha value is -1.97. The molecule has 2 N–H and O–H groups in total. The quantitative estimate of drug-likeness (QED) is 0.781. The van der Waals surface area contributed by atoms with Crippen LogP contribution in [0.4, 0.5) is 0 Å². The highest BCUT2D eigenvalue weighted by Crippen LogP contribution is 2.31. The second-order valence-electron chi connectivity index (χ2n) is 3.95. The molecule has 7 nitrogen and oxygen atoms in total. The summed E-state index contributed by atoms with van der Waals surface area (Å²) in [6.07, 6.45) is 1.61. The Kier molecular flexibility index (Phi) is 2.96. The van der Waals surface area contributed by atoms with Crippen molar-refractivity contribution in [3.05, 3.63) is 30.5 Å². The number of rotatable bonds is 3. The molecule has 1 aromatic carbocycles.